The zero-order chi connectivity index (χ0) is 20.2. The first-order valence-corrected chi connectivity index (χ1v) is 10.2. The Hall–Kier alpha value is -3.58. The predicted molar refractivity (Wildman–Crippen MR) is 120 cm³/mol. The van der Waals surface area contributed by atoms with E-state index < -0.39 is 0 Å². The van der Waals surface area contributed by atoms with Crippen LogP contribution in [0.5, 0.6) is 0 Å². The Morgan fingerprint density at radius 1 is 0.867 bits per heavy atom. The molecule has 0 spiro atoms. The van der Waals surface area contributed by atoms with Crippen LogP contribution in [0.2, 0.25) is 0 Å². The van der Waals surface area contributed by atoms with E-state index in [-0.39, 0.29) is 0 Å². The van der Waals surface area contributed by atoms with E-state index in [1.165, 1.54) is 5.69 Å². The number of aromatic nitrogens is 3. The minimum absolute atomic E-state index is 0.568. The Kier molecular flexibility index (Phi) is 5.18. The van der Waals surface area contributed by atoms with Crippen molar-refractivity contribution in [2.24, 2.45) is 0 Å². The quantitative estimate of drug-likeness (QED) is 0.511. The van der Waals surface area contributed by atoms with Gasteiger partial charge in [0.05, 0.1) is 37.2 Å². The molecule has 1 aliphatic rings. The van der Waals surface area contributed by atoms with Gasteiger partial charge < -0.3 is 20.3 Å². The molecule has 0 atom stereocenters. The van der Waals surface area contributed by atoms with Crippen molar-refractivity contribution >= 4 is 28.5 Å². The molecule has 1 aliphatic heterocycles. The van der Waals surface area contributed by atoms with E-state index in [1.54, 1.807) is 0 Å². The average molecular weight is 400 g/mol. The Morgan fingerprint density at radius 2 is 1.67 bits per heavy atom. The third kappa shape index (κ3) is 4.06. The van der Waals surface area contributed by atoms with Gasteiger partial charge in [0.1, 0.15) is 0 Å². The van der Waals surface area contributed by atoms with Crippen molar-refractivity contribution in [3.63, 3.8) is 0 Å². The molecule has 2 aromatic heterocycles. The van der Waals surface area contributed by atoms with Gasteiger partial charge in [-0.15, -0.1) is 5.10 Å². The van der Waals surface area contributed by atoms with Crippen molar-refractivity contribution in [3.8, 4) is 0 Å². The monoisotopic (exact) mass is 400 g/mol. The van der Waals surface area contributed by atoms with Gasteiger partial charge in [0.15, 0.2) is 0 Å². The second-order valence-corrected chi connectivity index (χ2v) is 7.23. The second kappa shape index (κ2) is 8.42. The first kappa shape index (κ1) is 18.4. The van der Waals surface area contributed by atoms with E-state index in [2.05, 4.69) is 68.1 Å². The molecule has 0 amide bonds. The van der Waals surface area contributed by atoms with E-state index in [0.29, 0.717) is 12.5 Å². The summed E-state index contributed by atoms with van der Waals surface area (Å²) in [7, 11) is 0. The summed E-state index contributed by atoms with van der Waals surface area (Å²) in [6.45, 7) is 4.11. The highest BCUT2D eigenvalue weighted by Crippen LogP contribution is 2.21. The van der Waals surface area contributed by atoms with Crippen LogP contribution in [0, 0.1) is 0 Å². The zero-order valence-electron chi connectivity index (χ0n) is 16.7. The normalized spacial score (nSPS) is 14.1. The predicted octanol–water partition coefficient (Wildman–Crippen LogP) is 3.92. The lowest BCUT2D eigenvalue weighted by Crippen LogP contribution is -2.36. The van der Waals surface area contributed by atoms with Gasteiger partial charge in [-0.2, -0.15) is 0 Å². The third-order valence-corrected chi connectivity index (χ3v) is 5.22. The Morgan fingerprint density at radius 3 is 2.47 bits per heavy atom. The Bertz CT molecular complexity index is 1100. The van der Waals surface area contributed by atoms with Crippen molar-refractivity contribution in [2.45, 2.75) is 6.54 Å². The van der Waals surface area contributed by atoms with E-state index in [9.17, 15) is 0 Å². The topological polar surface area (TPSA) is 66.7 Å². The molecule has 5 rings (SSSR count). The number of hydrogen-bond acceptors (Lipinski definition) is 6. The van der Waals surface area contributed by atoms with Crippen molar-refractivity contribution < 1.29 is 4.74 Å². The zero-order valence-corrected chi connectivity index (χ0v) is 16.7. The van der Waals surface area contributed by atoms with Crippen LogP contribution < -0.4 is 15.5 Å². The van der Waals surface area contributed by atoms with Gasteiger partial charge in [-0.1, -0.05) is 18.2 Å². The molecule has 30 heavy (non-hydrogen) atoms. The number of rotatable bonds is 6. The SMILES string of the molecule is c1ccc(NCc2ccc3cnc(Nc4ccc(N5CCOCC5)cc4)nn23)cc1. The summed E-state index contributed by atoms with van der Waals surface area (Å²) >= 11 is 0. The average Bonchev–Trinajstić information content (AvgIpc) is 3.22. The Labute approximate surface area is 175 Å². The number of nitrogens with zero attached hydrogens (tertiary/aromatic N) is 4. The van der Waals surface area contributed by atoms with Gasteiger partial charge in [0, 0.05) is 30.2 Å². The van der Waals surface area contributed by atoms with Gasteiger partial charge in [-0.05, 0) is 48.5 Å². The fourth-order valence-electron chi connectivity index (χ4n) is 3.60. The summed E-state index contributed by atoms with van der Waals surface area (Å²) in [6, 6.07) is 22.6. The number of nitrogens with one attached hydrogen (secondary N) is 2. The summed E-state index contributed by atoms with van der Waals surface area (Å²) in [4.78, 5) is 6.79. The molecule has 4 aromatic rings. The van der Waals surface area contributed by atoms with Crippen LogP contribution in [0.15, 0.2) is 72.9 Å². The van der Waals surface area contributed by atoms with Crippen molar-refractivity contribution in [2.75, 3.05) is 41.8 Å². The van der Waals surface area contributed by atoms with E-state index >= 15 is 0 Å². The maximum atomic E-state index is 5.43. The van der Waals surface area contributed by atoms with E-state index in [4.69, 9.17) is 4.74 Å². The van der Waals surface area contributed by atoms with Crippen molar-refractivity contribution in [1.29, 1.82) is 0 Å². The number of anilines is 4. The molecule has 152 valence electrons. The lowest BCUT2D eigenvalue weighted by Gasteiger charge is -2.28. The largest absolute Gasteiger partial charge is 0.379 e. The maximum Gasteiger partial charge on any atom is 0.245 e. The highest BCUT2D eigenvalue weighted by molar-refractivity contribution is 5.60. The summed E-state index contributed by atoms with van der Waals surface area (Å²) in [5.41, 5.74) is 5.29. The highest BCUT2D eigenvalue weighted by atomic mass is 16.5. The molecule has 0 radical (unpaired) electrons. The van der Waals surface area contributed by atoms with Crippen LogP contribution in [0.4, 0.5) is 23.0 Å². The minimum atomic E-state index is 0.568. The molecule has 7 nitrogen and oxygen atoms in total. The summed E-state index contributed by atoms with van der Waals surface area (Å²) in [5, 5.41) is 11.4. The molecule has 1 saturated heterocycles. The summed E-state index contributed by atoms with van der Waals surface area (Å²) < 4.78 is 7.35. The molecule has 0 unspecified atom stereocenters. The first-order valence-electron chi connectivity index (χ1n) is 10.2. The van der Waals surface area contributed by atoms with Crippen LogP contribution in [0.1, 0.15) is 5.69 Å². The molecule has 0 saturated carbocycles. The van der Waals surface area contributed by atoms with Gasteiger partial charge in [0.2, 0.25) is 5.95 Å². The fraction of sp³-hybridized carbons (Fsp3) is 0.217. The van der Waals surface area contributed by atoms with Gasteiger partial charge >= 0.3 is 0 Å². The summed E-state index contributed by atoms with van der Waals surface area (Å²) in [5.74, 6) is 0.568. The summed E-state index contributed by atoms with van der Waals surface area (Å²) in [6.07, 6.45) is 1.84. The highest BCUT2D eigenvalue weighted by Gasteiger charge is 2.11. The van der Waals surface area contributed by atoms with Gasteiger partial charge in [-0.3, -0.25) is 0 Å². The number of ether oxygens (including phenoxy) is 1. The minimum Gasteiger partial charge on any atom is -0.379 e. The fourth-order valence-corrected chi connectivity index (χ4v) is 3.60. The Balaban J connectivity index is 1.30. The van der Waals surface area contributed by atoms with Gasteiger partial charge in [-0.25, -0.2) is 9.50 Å². The van der Waals surface area contributed by atoms with Crippen LogP contribution in [0.3, 0.4) is 0 Å². The molecule has 2 N–H and O–H groups in total. The van der Waals surface area contributed by atoms with Crippen LogP contribution in [-0.2, 0) is 11.3 Å². The van der Waals surface area contributed by atoms with Crippen molar-refractivity contribution in [3.05, 3.63) is 78.6 Å². The maximum absolute atomic E-state index is 5.43. The smallest absolute Gasteiger partial charge is 0.245 e. The molecule has 1 fully saturated rings. The number of hydrogen-bond donors (Lipinski definition) is 2. The number of benzene rings is 2. The number of fused-ring (bicyclic) bond motifs is 1. The van der Waals surface area contributed by atoms with E-state index in [0.717, 1.165) is 48.9 Å². The van der Waals surface area contributed by atoms with E-state index in [1.807, 2.05) is 35.0 Å². The molecular formula is C23H24N6O. The number of para-hydroxylation sites is 1. The lowest BCUT2D eigenvalue weighted by molar-refractivity contribution is 0.122. The lowest BCUT2D eigenvalue weighted by atomic mass is 10.2. The van der Waals surface area contributed by atoms with Crippen LogP contribution in [-0.4, -0.2) is 40.9 Å². The molecular weight excluding hydrogens is 376 g/mol. The molecule has 3 heterocycles. The van der Waals surface area contributed by atoms with Crippen LogP contribution >= 0.6 is 0 Å². The van der Waals surface area contributed by atoms with Gasteiger partial charge in [0.25, 0.3) is 0 Å². The third-order valence-electron chi connectivity index (χ3n) is 5.22. The molecule has 2 aromatic carbocycles. The van der Waals surface area contributed by atoms with Crippen LogP contribution in [0.25, 0.3) is 5.52 Å². The molecule has 0 aliphatic carbocycles. The molecule has 7 heteroatoms. The number of morpholine rings is 1. The van der Waals surface area contributed by atoms with Crippen molar-refractivity contribution in [1.82, 2.24) is 14.6 Å². The second-order valence-electron chi connectivity index (χ2n) is 7.23. The first-order chi connectivity index (χ1) is 14.8. The molecule has 0 bridgehead atoms. The standard InChI is InChI=1S/C23H24N6O/c1-2-4-18(5-3-1)24-16-21-10-11-22-17-25-23(27-29(21)22)26-19-6-8-20(9-7-19)28-12-14-30-15-13-28/h1-11,17,24H,12-16H2,(H,26,27).